The van der Waals surface area contributed by atoms with Crippen molar-refractivity contribution < 1.29 is 13.2 Å². The first-order valence-electron chi connectivity index (χ1n) is 7.31. The molecule has 3 rings (SSSR count). The Morgan fingerprint density at radius 1 is 1.43 bits per heavy atom. The molecule has 1 aliphatic rings. The van der Waals surface area contributed by atoms with Crippen molar-refractivity contribution in [3.05, 3.63) is 36.2 Å². The number of sulfonamides is 1. The fourth-order valence-electron chi connectivity index (χ4n) is 2.77. The van der Waals surface area contributed by atoms with Crippen LogP contribution in [0.2, 0.25) is 0 Å². The summed E-state index contributed by atoms with van der Waals surface area (Å²) in [6.07, 6.45) is 6.70. The van der Waals surface area contributed by atoms with Crippen LogP contribution in [0.5, 0.6) is 0 Å². The van der Waals surface area contributed by atoms with Crippen molar-refractivity contribution in [1.29, 1.82) is 0 Å². The third-order valence-electron chi connectivity index (χ3n) is 4.06. The van der Waals surface area contributed by atoms with Gasteiger partial charge in [-0.05, 0) is 19.5 Å². The summed E-state index contributed by atoms with van der Waals surface area (Å²) in [5, 5.41) is 2.97. The molecule has 0 spiro atoms. The molecule has 0 saturated carbocycles. The molecule has 1 aliphatic heterocycles. The predicted octanol–water partition coefficient (Wildman–Crippen LogP) is -0.125. The van der Waals surface area contributed by atoms with Crippen LogP contribution in [-0.4, -0.2) is 41.5 Å². The van der Waals surface area contributed by atoms with E-state index < -0.39 is 10.0 Å². The molecule has 0 saturated heterocycles. The number of nitrogens with one attached hydrogen (secondary N) is 2. The van der Waals surface area contributed by atoms with Crippen molar-refractivity contribution in [2.45, 2.75) is 30.3 Å². The van der Waals surface area contributed by atoms with Gasteiger partial charge in [0.2, 0.25) is 10.0 Å². The molecule has 2 aromatic rings. The van der Waals surface area contributed by atoms with Gasteiger partial charge in [-0.2, -0.15) is 0 Å². The van der Waals surface area contributed by atoms with Crippen molar-refractivity contribution >= 4 is 15.9 Å². The molecule has 1 amide bonds. The highest BCUT2D eigenvalue weighted by molar-refractivity contribution is 7.89. The maximum absolute atomic E-state index is 12.4. The average Bonchev–Trinajstić information content (AvgIpc) is 3.13. The average molecular weight is 337 g/mol. The van der Waals surface area contributed by atoms with Gasteiger partial charge in [-0.3, -0.25) is 4.79 Å². The molecular formula is C14H19N5O3S. The molecule has 0 unspecified atom stereocenters. The molecule has 3 heterocycles. The van der Waals surface area contributed by atoms with E-state index in [2.05, 4.69) is 15.0 Å². The lowest BCUT2D eigenvalue weighted by Crippen LogP contribution is -2.41. The van der Waals surface area contributed by atoms with Gasteiger partial charge in [-0.1, -0.05) is 0 Å². The van der Waals surface area contributed by atoms with E-state index in [0.717, 1.165) is 18.7 Å². The number of imidazole rings is 1. The smallest absolute Gasteiger partial charge is 0.268 e. The van der Waals surface area contributed by atoms with E-state index in [1.807, 2.05) is 10.8 Å². The predicted molar refractivity (Wildman–Crippen MR) is 83.5 cm³/mol. The van der Waals surface area contributed by atoms with Gasteiger partial charge in [0.15, 0.2) is 0 Å². The van der Waals surface area contributed by atoms with Crippen molar-refractivity contribution in [3.63, 3.8) is 0 Å². The molecule has 23 heavy (non-hydrogen) atoms. The summed E-state index contributed by atoms with van der Waals surface area (Å²) in [7, 11) is -0.571. The highest BCUT2D eigenvalue weighted by atomic mass is 32.2. The van der Waals surface area contributed by atoms with Crippen LogP contribution < -0.4 is 10.0 Å². The number of rotatable bonds is 4. The van der Waals surface area contributed by atoms with Crippen LogP contribution in [0, 0.1) is 0 Å². The Morgan fingerprint density at radius 2 is 2.22 bits per heavy atom. The first-order valence-corrected chi connectivity index (χ1v) is 8.80. The molecule has 0 aromatic carbocycles. The Morgan fingerprint density at radius 3 is 2.96 bits per heavy atom. The summed E-state index contributed by atoms with van der Waals surface area (Å²) in [5.41, 5.74) is 0.315. The SMILES string of the molecule is CNS(=O)(=O)c1cc(C(=O)N[C@@H]2CCc3nccn3C2)n(C)c1. The third kappa shape index (κ3) is 3.02. The van der Waals surface area contributed by atoms with Gasteiger partial charge < -0.3 is 14.5 Å². The maximum Gasteiger partial charge on any atom is 0.268 e. The fourth-order valence-corrected chi connectivity index (χ4v) is 3.57. The van der Waals surface area contributed by atoms with E-state index in [4.69, 9.17) is 0 Å². The number of fused-ring (bicyclic) bond motifs is 1. The molecule has 9 heteroatoms. The zero-order valence-electron chi connectivity index (χ0n) is 13.0. The van der Waals surface area contributed by atoms with Crippen LogP contribution in [0.4, 0.5) is 0 Å². The lowest BCUT2D eigenvalue weighted by Gasteiger charge is -2.24. The molecule has 1 atom stereocenters. The van der Waals surface area contributed by atoms with Gasteiger partial charge in [0.05, 0.1) is 0 Å². The normalized spacial score (nSPS) is 17.7. The molecule has 0 aliphatic carbocycles. The molecular weight excluding hydrogens is 318 g/mol. The Labute approximate surface area is 134 Å². The number of aryl methyl sites for hydroxylation is 2. The number of hydrogen-bond acceptors (Lipinski definition) is 4. The second kappa shape index (κ2) is 5.82. The van der Waals surface area contributed by atoms with Crippen LogP contribution >= 0.6 is 0 Å². The van der Waals surface area contributed by atoms with Crippen LogP contribution in [0.3, 0.4) is 0 Å². The zero-order chi connectivity index (χ0) is 16.6. The van der Waals surface area contributed by atoms with Crippen LogP contribution in [-0.2, 0) is 30.0 Å². The van der Waals surface area contributed by atoms with Gasteiger partial charge in [-0.15, -0.1) is 0 Å². The van der Waals surface area contributed by atoms with Crippen molar-refractivity contribution in [2.75, 3.05) is 7.05 Å². The minimum Gasteiger partial charge on any atom is -0.346 e. The lowest BCUT2D eigenvalue weighted by atomic mass is 10.1. The van der Waals surface area contributed by atoms with E-state index >= 15 is 0 Å². The van der Waals surface area contributed by atoms with Crippen LogP contribution in [0.1, 0.15) is 22.7 Å². The Balaban J connectivity index is 1.75. The first-order chi connectivity index (χ1) is 10.9. The molecule has 0 fully saturated rings. The van der Waals surface area contributed by atoms with Gasteiger partial charge in [0, 0.05) is 44.6 Å². The summed E-state index contributed by atoms with van der Waals surface area (Å²) < 4.78 is 29.4. The minimum absolute atomic E-state index is 0.00320. The van der Waals surface area contributed by atoms with Crippen LogP contribution in [0.25, 0.3) is 0 Å². The third-order valence-corrected chi connectivity index (χ3v) is 5.44. The van der Waals surface area contributed by atoms with Crippen molar-refractivity contribution in [1.82, 2.24) is 24.2 Å². The minimum atomic E-state index is -3.56. The van der Waals surface area contributed by atoms with E-state index in [1.165, 1.54) is 23.9 Å². The van der Waals surface area contributed by atoms with Gasteiger partial charge >= 0.3 is 0 Å². The largest absolute Gasteiger partial charge is 0.346 e. The highest BCUT2D eigenvalue weighted by Gasteiger charge is 2.23. The van der Waals surface area contributed by atoms with E-state index in [0.29, 0.717) is 12.2 Å². The zero-order valence-corrected chi connectivity index (χ0v) is 13.8. The summed E-state index contributed by atoms with van der Waals surface area (Å²) >= 11 is 0. The standard InChI is InChI=1S/C14H19N5O3S/c1-15-23(21,22)11-7-12(18(2)9-11)14(20)17-10-3-4-13-16-5-6-19(13)8-10/h5-7,9-10,15H,3-4,8H2,1-2H3,(H,17,20)/t10-/m1/s1. The van der Waals surface area contributed by atoms with E-state index in [-0.39, 0.29) is 16.8 Å². The number of amides is 1. The molecule has 124 valence electrons. The van der Waals surface area contributed by atoms with Gasteiger partial charge in [0.25, 0.3) is 5.91 Å². The first kappa shape index (κ1) is 15.8. The number of hydrogen-bond donors (Lipinski definition) is 2. The van der Waals surface area contributed by atoms with Gasteiger partial charge in [0.1, 0.15) is 16.4 Å². The van der Waals surface area contributed by atoms with E-state index in [9.17, 15) is 13.2 Å². The second-order valence-electron chi connectivity index (χ2n) is 5.58. The Hall–Kier alpha value is -2.13. The van der Waals surface area contributed by atoms with E-state index in [1.54, 1.807) is 13.2 Å². The molecule has 2 N–H and O–H groups in total. The maximum atomic E-state index is 12.4. The Bertz CT molecular complexity index is 836. The number of carbonyl (C=O) groups excluding carboxylic acids is 1. The monoisotopic (exact) mass is 337 g/mol. The van der Waals surface area contributed by atoms with Crippen molar-refractivity contribution in [3.8, 4) is 0 Å². The molecule has 2 aromatic heterocycles. The molecule has 0 radical (unpaired) electrons. The van der Waals surface area contributed by atoms with Crippen LogP contribution in [0.15, 0.2) is 29.6 Å². The lowest BCUT2D eigenvalue weighted by molar-refractivity contribution is 0.0919. The fraction of sp³-hybridized carbons (Fsp3) is 0.429. The summed E-state index contributed by atoms with van der Waals surface area (Å²) in [6, 6.07) is 1.38. The topological polar surface area (TPSA) is 98.0 Å². The number of aromatic nitrogens is 3. The summed E-state index contributed by atoms with van der Waals surface area (Å²) in [5.74, 6) is 0.746. The van der Waals surface area contributed by atoms with Crippen molar-refractivity contribution in [2.24, 2.45) is 7.05 Å². The summed E-state index contributed by atoms with van der Waals surface area (Å²) in [4.78, 5) is 16.8. The molecule has 0 bridgehead atoms. The Kier molecular flexibility index (Phi) is 3.99. The number of nitrogens with zero attached hydrogens (tertiary/aromatic N) is 3. The highest BCUT2D eigenvalue weighted by Crippen LogP contribution is 2.16. The summed E-state index contributed by atoms with van der Waals surface area (Å²) in [6.45, 7) is 0.674. The van der Waals surface area contributed by atoms with Gasteiger partial charge in [-0.25, -0.2) is 18.1 Å². The second-order valence-corrected chi connectivity index (χ2v) is 7.47. The quantitative estimate of drug-likeness (QED) is 0.812. The molecule has 8 nitrogen and oxygen atoms in total. The number of carbonyl (C=O) groups is 1.